The predicted molar refractivity (Wildman–Crippen MR) is 132 cm³/mol. The normalized spacial score (nSPS) is 12.8. The second kappa shape index (κ2) is 9.22. The van der Waals surface area contributed by atoms with E-state index in [4.69, 9.17) is 10.2 Å². The van der Waals surface area contributed by atoms with Gasteiger partial charge >= 0.3 is 0 Å². The van der Waals surface area contributed by atoms with Crippen LogP contribution in [0.5, 0.6) is 0 Å². The molecule has 0 atom stereocenters. The summed E-state index contributed by atoms with van der Waals surface area (Å²) in [7, 11) is 0. The van der Waals surface area contributed by atoms with Gasteiger partial charge in [0.05, 0.1) is 28.5 Å². The number of nitrogens with one attached hydrogen (secondary N) is 1. The predicted octanol–water partition coefficient (Wildman–Crippen LogP) is 4.93. The number of nitrogens with zero attached hydrogens (tertiary/aromatic N) is 3. The first-order valence-corrected chi connectivity index (χ1v) is 12.5. The Morgan fingerprint density at radius 1 is 1.12 bits per heavy atom. The molecule has 33 heavy (non-hydrogen) atoms. The largest absolute Gasteiger partial charge is 0.325 e. The summed E-state index contributed by atoms with van der Waals surface area (Å²) in [6.07, 6.45) is 4.15. The molecular weight excluding hydrogens is 452 g/mol. The van der Waals surface area contributed by atoms with Crippen LogP contribution in [-0.4, -0.2) is 21.2 Å². The third-order valence-corrected chi connectivity index (χ3v) is 7.73. The summed E-state index contributed by atoms with van der Waals surface area (Å²) in [4.78, 5) is 33.1. The lowest BCUT2D eigenvalue weighted by atomic mass is 9.97. The van der Waals surface area contributed by atoms with Crippen molar-refractivity contribution < 1.29 is 4.79 Å². The summed E-state index contributed by atoms with van der Waals surface area (Å²) < 4.78 is 1.63. The van der Waals surface area contributed by atoms with Crippen molar-refractivity contribution in [3.05, 3.63) is 81.0 Å². The SMILES string of the molecule is N#Cc1ccc(NC(=O)CSc2nc3sc4c(c3c(=O)n2-c2ccccc2)CCCC4)cc1. The number of hydrogen-bond acceptors (Lipinski definition) is 6. The Morgan fingerprint density at radius 3 is 2.64 bits per heavy atom. The van der Waals surface area contributed by atoms with Gasteiger partial charge in [-0.1, -0.05) is 30.0 Å². The maximum absolute atomic E-state index is 13.7. The number of anilines is 1. The molecule has 5 rings (SSSR count). The van der Waals surface area contributed by atoms with Gasteiger partial charge in [-0.15, -0.1) is 11.3 Å². The van der Waals surface area contributed by atoms with E-state index in [9.17, 15) is 9.59 Å². The van der Waals surface area contributed by atoms with Gasteiger partial charge in [0.1, 0.15) is 4.83 Å². The van der Waals surface area contributed by atoms with Gasteiger partial charge in [0, 0.05) is 10.6 Å². The lowest BCUT2D eigenvalue weighted by Crippen LogP contribution is -2.23. The molecule has 1 aliphatic carbocycles. The van der Waals surface area contributed by atoms with Crippen LogP contribution in [0.1, 0.15) is 28.8 Å². The van der Waals surface area contributed by atoms with E-state index in [2.05, 4.69) is 11.4 Å². The molecule has 6 nitrogen and oxygen atoms in total. The third kappa shape index (κ3) is 4.30. The molecule has 4 aromatic rings. The molecule has 0 unspecified atom stereocenters. The lowest BCUT2D eigenvalue weighted by Gasteiger charge is -2.13. The molecule has 0 bridgehead atoms. The monoisotopic (exact) mass is 472 g/mol. The van der Waals surface area contributed by atoms with Crippen LogP contribution in [-0.2, 0) is 17.6 Å². The summed E-state index contributed by atoms with van der Waals surface area (Å²) in [5, 5.41) is 13.0. The number of carbonyl (C=O) groups is 1. The van der Waals surface area contributed by atoms with E-state index in [1.165, 1.54) is 16.6 Å². The molecule has 2 aromatic heterocycles. The number of carbonyl (C=O) groups excluding carboxylic acids is 1. The molecule has 1 amide bonds. The van der Waals surface area contributed by atoms with Crippen LogP contribution in [0, 0.1) is 11.3 Å². The van der Waals surface area contributed by atoms with Gasteiger partial charge in [-0.05, 0) is 67.6 Å². The van der Waals surface area contributed by atoms with Gasteiger partial charge in [0.15, 0.2) is 5.16 Å². The van der Waals surface area contributed by atoms with Crippen LogP contribution in [0.25, 0.3) is 15.9 Å². The average molecular weight is 473 g/mol. The highest BCUT2D eigenvalue weighted by Crippen LogP contribution is 2.35. The van der Waals surface area contributed by atoms with Crippen molar-refractivity contribution in [1.82, 2.24) is 9.55 Å². The maximum atomic E-state index is 13.7. The van der Waals surface area contributed by atoms with Gasteiger partial charge in [-0.2, -0.15) is 5.26 Å². The van der Waals surface area contributed by atoms with Gasteiger partial charge in [-0.25, -0.2) is 4.98 Å². The molecule has 0 spiro atoms. The fourth-order valence-corrected chi connectivity index (χ4v) is 6.16. The number of nitriles is 1. The third-order valence-electron chi connectivity index (χ3n) is 5.60. The molecule has 164 valence electrons. The molecule has 1 aliphatic rings. The standard InChI is InChI=1S/C25H20N4O2S2/c26-14-16-10-12-17(13-11-16)27-21(30)15-32-25-28-23-22(19-8-4-5-9-20(19)33-23)24(31)29(25)18-6-2-1-3-7-18/h1-3,6-7,10-13H,4-5,8-9,15H2,(H,27,30). The summed E-state index contributed by atoms with van der Waals surface area (Å²) >= 11 is 2.85. The van der Waals surface area contributed by atoms with Crippen LogP contribution in [0.3, 0.4) is 0 Å². The first kappa shape index (κ1) is 21.4. The minimum absolute atomic E-state index is 0.0689. The summed E-state index contributed by atoms with van der Waals surface area (Å²) in [5.41, 5.74) is 2.97. The first-order valence-electron chi connectivity index (χ1n) is 10.7. The Hall–Kier alpha value is -3.41. The van der Waals surface area contributed by atoms with Crippen LogP contribution < -0.4 is 10.9 Å². The average Bonchev–Trinajstić information content (AvgIpc) is 3.22. The molecule has 0 saturated carbocycles. The van der Waals surface area contributed by atoms with E-state index in [1.807, 2.05) is 30.3 Å². The van der Waals surface area contributed by atoms with E-state index in [0.717, 1.165) is 47.2 Å². The molecule has 0 radical (unpaired) electrons. The van der Waals surface area contributed by atoms with E-state index in [1.54, 1.807) is 40.2 Å². The number of aryl methyl sites for hydroxylation is 2. The van der Waals surface area contributed by atoms with E-state index >= 15 is 0 Å². The Morgan fingerprint density at radius 2 is 1.88 bits per heavy atom. The molecule has 2 aromatic carbocycles. The highest BCUT2D eigenvalue weighted by Gasteiger charge is 2.23. The molecule has 0 aliphatic heterocycles. The number of para-hydroxylation sites is 1. The number of fused-ring (bicyclic) bond motifs is 3. The van der Waals surface area contributed by atoms with E-state index < -0.39 is 0 Å². The van der Waals surface area contributed by atoms with E-state index in [-0.39, 0.29) is 17.2 Å². The van der Waals surface area contributed by atoms with Gasteiger partial charge in [0.25, 0.3) is 5.56 Å². The van der Waals surface area contributed by atoms with Crippen molar-refractivity contribution in [2.24, 2.45) is 0 Å². The molecular formula is C25H20N4O2S2. The van der Waals surface area contributed by atoms with Crippen molar-refractivity contribution in [3.8, 4) is 11.8 Å². The van der Waals surface area contributed by atoms with Gasteiger partial charge in [-0.3, -0.25) is 14.2 Å². The minimum Gasteiger partial charge on any atom is -0.325 e. The van der Waals surface area contributed by atoms with Gasteiger partial charge < -0.3 is 5.32 Å². The van der Waals surface area contributed by atoms with Crippen LogP contribution in [0.2, 0.25) is 0 Å². The first-order chi connectivity index (χ1) is 16.1. The Kier molecular flexibility index (Phi) is 5.99. The Balaban J connectivity index is 1.48. The Labute approximate surface area is 198 Å². The van der Waals surface area contributed by atoms with Crippen molar-refractivity contribution in [2.75, 3.05) is 11.1 Å². The van der Waals surface area contributed by atoms with Crippen molar-refractivity contribution in [2.45, 2.75) is 30.8 Å². The van der Waals surface area contributed by atoms with Gasteiger partial charge in [0.2, 0.25) is 5.91 Å². The topological polar surface area (TPSA) is 87.8 Å². The Bertz CT molecular complexity index is 1430. The molecule has 1 N–H and O–H groups in total. The molecule has 2 heterocycles. The van der Waals surface area contributed by atoms with Crippen LogP contribution >= 0.6 is 23.1 Å². The summed E-state index contributed by atoms with van der Waals surface area (Å²) in [6.45, 7) is 0. The number of rotatable bonds is 5. The van der Waals surface area contributed by atoms with Crippen LogP contribution in [0.4, 0.5) is 5.69 Å². The highest BCUT2D eigenvalue weighted by atomic mass is 32.2. The fourth-order valence-electron chi connectivity index (χ4n) is 4.04. The number of benzene rings is 2. The second-order valence-electron chi connectivity index (χ2n) is 7.79. The lowest BCUT2D eigenvalue weighted by molar-refractivity contribution is -0.113. The molecule has 0 saturated heterocycles. The number of thiophene rings is 1. The zero-order valence-electron chi connectivity index (χ0n) is 17.7. The number of thioether (sulfide) groups is 1. The maximum Gasteiger partial charge on any atom is 0.267 e. The zero-order chi connectivity index (χ0) is 22.8. The fraction of sp³-hybridized carbons (Fsp3) is 0.200. The van der Waals surface area contributed by atoms with E-state index in [0.29, 0.717) is 16.4 Å². The molecule has 8 heteroatoms. The number of aromatic nitrogens is 2. The quantitative estimate of drug-likeness (QED) is 0.329. The van der Waals surface area contributed by atoms with Crippen molar-refractivity contribution >= 4 is 44.9 Å². The van der Waals surface area contributed by atoms with Crippen LogP contribution in [0.15, 0.2) is 64.5 Å². The summed E-state index contributed by atoms with van der Waals surface area (Å²) in [6, 6.07) is 18.2. The number of hydrogen-bond donors (Lipinski definition) is 1. The highest BCUT2D eigenvalue weighted by molar-refractivity contribution is 7.99. The smallest absolute Gasteiger partial charge is 0.267 e. The summed E-state index contributed by atoms with van der Waals surface area (Å²) in [5.74, 6) is -0.0975. The van der Waals surface area contributed by atoms with Crippen molar-refractivity contribution in [3.63, 3.8) is 0 Å². The molecule has 0 fully saturated rings. The van der Waals surface area contributed by atoms with Crippen molar-refractivity contribution in [1.29, 1.82) is 5.26 Å². The number of amides is 1. The second-order valence-corrected chi connectivity index (χ2v) is 9.81. The minimum atomic E-state index is -0.205. The zero-order valence-corrected chi connectivity index (χ0v) is 19.3.